The maximum absolute atomic E-state index is 14.1. The minimum absolute atomic E-state index is 0.0702. The number of benzene rings is 1. The van der Waals surface area contributed by atoms with Crippen molar-refractivity contribution in [2.75, 3.05) is 0 Å². The Hall–Kier alpha value is -2.48. The highest BCUT2D eigenvalue weighted by Crippen LogP contribution is 2.32. The minimum atomic E-state index is -1.21. The Bertz CT molecular complexity index is 908. The van der Waals surface area contributed by atoms with Gasteiger partial charge in [-0.05, 0) is 17.7 Å². The Labute approximate surface area is 129 Å². The summed E-state index contributed by atoms with van der Waals surface area (Å²) in [6.45, 7) is 0.355. The maximum atomic E-state index is 14.1. The summed E-state index contributed by atoms with van der Waals surface area (Å²) >= 11 is 0. The summed E-state index contributed by atoms with van der Waals surface area (Å²) in [6, 6.07) is 2.70. The third-order valence-electron chi connectivity index (χ3n) is 4.25. The van der Waals surface area contributed by atoms with Crippen LogP contribution in [0.1, 0.15) is 17.3 Å². The zero-order chi connectivity index (χ0) is 16.1. The van der Waals surface area contributed by atoms with Crippen molar-refractivity contribution in [3.8, 4) is 0 Å². The summed E-state index contributed by atoms with van der Waals surface area (Å²) < 4.78 is 42.5. The number of hydrogen-bond donors (Lipinski definition) is 1. The second kappa shape index (κ2) is 5.02. The predicted molar refractivity (Wildman–Crippen MR) is 76.1 cm³/mol. The van der Waals surface area contributed by atoms with Gasteiger partial charge in [0.1, 0.15) is 17.2 Å². The van der Waals surface area contributed by atoms with E-state index >= 15 is 0 Å². The van der Waals surface area contributed by atoms with Crippen molar-refractivity contribution in [3.05, 3.63) is 53.2 Å². The summed E-state index contributed by atoms with van der Waals surface area (Å²) in [5.41, 5.74) is 7.51. The third kappa shape index (κ3) is 2.17. The molecule has 0 fully saturated rings. The average Bonchev–Trinajstić information content (AvgIpc) is 2.88. The van der Waals surface area contributed by atoms with Gasteiger partial charge in [-0.2, -0.15) is 5.10 Å². The number of hydrogen-bond acceptors (Lipinski definition) is 4. The number of imidazole rings is 1. The van der Waals surface area contributed by atoms with E-state index < -0.39 is 29.4 Å². The first-order valence-corrected chi connectivity index (χ1v) is 7.11. The lowest BCUT2D eigenvalue weighted by Crippen LogP contribution is -2.39. The number of fused-ring (bicyclic) bond motifs is 3. The van der Waals surface area contributed by atoms with Crippen LogP contribution in [-0.2, 0) is 13.0 Å². The number of rotatable bonds is 1. The molecule has 2 atom stereocenters. The zero-order valence-corrected chi connectivity index (χ0v) is 11.9. The van der Waals surface area contributed by atoms with Gasteiger partial charge in [-0.25, -0.2) is 18.2 Å². The van der Waals surface area contributed by atoms with Crippen molar-refractivity contribution in [2.24, 2.45) is 5.73 Å². The van der Waals surface area contributed by atoms with E-state index in [-0.39, 0.29) is 5.56 Å². The van der Waals surface area contributed by atoms with Crippen molar-refractivity contribution in [3.63, 3.8) is 0 Å². The van der Waals surface area contributed by atoms with Crippen molar-refractivity contribution in [2.45, 2.75) is 24.9 Å². The second-order valence-corrected chi connectivity index (χ2v) is 5.64. The van der Waals surface area contributed by atoms with Crippen molar-refractivity contribution in [1.29, 1.82) is 0 Å². The Balaban J connectivity index is 1.79. The maximum Gasteiger partial charge on any atom is 0.182 e. The monoisotopic (exact) mass is 319 g/mol. The molecule has 0 unspecified atom stereocenters. The standard InChI is InChI=1S/C15H12F3N5/c16-9-5-11(18)10(17)3-7(9)8-4-14-21-13-1-2-20-22-15(13)23(14)6-12(8)19/h1-3,5,8,12H,4,6,19H2/t8-,12+/m1/s1. The first kappa shape index (κ1) is 14.1. The lowest BCUT2D eigenvalue weighted by Gasteiger charge is -2.30. The molecule has 2 aromatic heterocycles. The summed E-state index contributed by atoms with van der Waals surface area (Å²) in [5.74, 6) is -2.90. The van der Waals surface area contributed by atoms with E-state index in [1.807, 2.05) is 4.57 Å². The van der Waals surface area contributed by atoms with Gasteiger partial charge < -0.3 is 10.3 Å². The molecule has 1 aliphatic rings. The molecule has 0 saturated heterocycles. The van der Waals surface area contributed by atoms with Gasteiger partial charge in [-0.1, -0.05) is 0 Å². The van der Waals surface area contributed by atoms with Gasteiger partial charge in [0.15, 0.2) is 17.3 Å². The van der Waals surface area contributed by atoms with Gasteiger partial charge in [-0.15, -0.1) is 5.10 Å². The van der Waals surface area contributed by atoms with Gasteiger partial charge in [0.2, 0.25) is 0 Å². The van der Waals surface area contributed by atoms with Gasteiger partial charge >= 0.3 is 0 Å². The molecule has 4 rings (SSSR count). The summed E-state index contributed by atoms with van der Waals surface area (Å²) in [4.78, 5) is 4.45. The Kier molecular flexibility index (Phi) is 3.08. The van der Waals surface area contributed by atoms with E-state index in [0.29, 0.717) is 36.0 Å². The molecule has 1 aromatic carbocycles. The summed E-state index contributed by atoms with van der Waals surface area (Å²) in [5, 5.41) is 7.87. The molecule has 0 saturated carbocycles. The number of nitrogens with zero attached hydrogens (tertiary/aromatic N) is 4. The van der Waals surface area contributed by atoms with E-state index in [1.54, 1.807) is 6.07 Å². The first-order valence-electron chi connectivity index (χ1n) is 7.11. The van der Waals surface area contributed by atoms with Crippen LogP contribution in [0.25, 0.3) is 11.2 Å². The lowest BCUT2D eigenvalue weighted by atomic mass is 9.86. The van der Waals surface area contributed by atoms with E-state index in [1.165, 1.54) is 6.20 Å². The molecule has 23 heavy (non-hydrogen) atoms. The highest BCUT2D eigenvalue weighted by molar-refractivity contribution is 5.70. The first-order chi connectivity index (χ1) is 11.0. The second-order valence-electron chi connectivity index (χ2n) is 5.64. The molecular weight excluding hydrogens is 307 g/mol. The van der Waals surface area contributed by atoms with Crippen LogP contribution in [0.5, 0.6) is 0 Å². The van der Waals surface area contributed by atoms with E-state index in [2.05, 4.69) is 15.2 Å². The highest BCUT2D eigenvalue weighted by atomic mass is 19.2. The van der Waals surface area contributed by atoms with Crippen molar-refractivity contribution < 1.29 is 13.2 Å². The van der Waals surface area contributed by atoms with Crippen LogP contribution in [0.3, 0.4) is 0 Å². The summed E-state index contributed by atoms with van der Waals surface area (Å²) in [6.07, 6.45) is 1.85. The zero-order valence-electron chi connectivity index (χ0n) is 11.9. The molecule has 1 aliphatic heterocycles. The molecular formula is C15H12F3N5. The largest absolute Gasteiger partial charge is 0.326 e. The van der Waals surface area contributed by atoms with Crippen LogP contribution in [-0.4, -0.2) is 25.8 Å². The smallest absolute Gasteiger partial charge is 0.182 e. The average molecular weight is 319 g/mol. The molecule has 0 radical (unpaired) electrons. The van der Waals surface area contributed by atoms with E-state index in [0.717, 1.165) is 6.07 Å². The fourth-order valence-corrected chi connectivity index (χ4v) is 3.12. The molecule has 5 nitrogen and oxygen atoms in total. The molecule has 118 valence electrons. The van der Waals surface area contributed by atoms with E-state index in [4.69, 9.17) is 5.73 Å². The fourth-order valence-electron chi connectivity index (χ4n) is 3.12. The van der Waals surface area contributed by atoms with Gasteiger partial charge in [0.25, 0.3) is 0 Å². The van der Waals surface area contributed by atoms with Crippen LogP contribution in [0.4, 0.5) is 13.2 Å². The number of nitrogens with two attached hydrogens (primary N) is 1. The molecule has 0 amide bonds. The van der Waals surface area contributed by atoms with Gasteiger partial charge in [-0.3, -0.25) is 0 Å². The van der Waals surface area contributed by atoms with Crippen LogP contribution >= 0.6 is 0 Å². The molecule has 0 aliphatic carbocycles. The Morgan fingerprint density at radius 2 is 1.91 bits per heavy atom. The fraction of sp³-hybridized carbons (Fsp3) is 0.267. The topological polar surface area (TPSA) is 69.6 Å². The molecule has 8 heteroatoms. The van der Waals surface area contributed by atoms with Gasteiger partial charge in [0, 0.05) is 31.0 Å². The Morgan fingerprint density at radius 1 is 1.13 bits per heavy atom. The summed E-state index contributed by atoms with van der Waals surface area (Å²) in [7, 11) is 0. The lowest BCUT2D eigenvalue weighted by molar-refractivity contribution is 0.390. The molecule has 0 spiro atoms. The van der Waals surface area contributed by atoms with Crippen LogP contribution in [0.2, 0.25) is 0 Å². The van der Waals surface area contributed by atoms with E-state index in [9.17, 15) is 13.2 Å². The van der Waals surface area contributed by atoms with Crippen LogP contribution in [0.15, 0.2) is 24.4 Å². The molecule has 0 bridgehead atoms. The molecule has 3 aromatic rings. The third-order valence-corrected chi connectivity index (χ3v) is 4.25. The molecule has 2 N–H and O–H groups in total. The minimum Gasteiger partial charge on any atom is -0.326 e. The SMILES string of the molecule is N[C@H]1Cn2c(nc3ccnnc32)C[C@@H]1c1cc(F)c(F)cc1F. The molecule has 3 heterocycles. The Morgan fingerprint density at radius 3 is 2.74 bits per heavy atom. The number of halogens is 3. The number of aromatic nitrogens is 4. The van der Waals surface area contributed by atoms with Crippen LogP contribution < -0.4 is 5.73 Å². The van der Waals surface area contributed by atoms with Crippen LogP contribution in [0, 0.1) is 17.5 Å². The van der Waals surface area contributed by atoms with Gasteiger partial charge in [0.05, 0.1) is 6.20 Å². The highest BCUT2D eigenvalue weighted by Gasteiger charge is 2.32. The van der Waals surface area contributed by atoms with Crippen molar-refractivity contribution in [1.82, 2.24) is 19.7 Å². The predicted octanol–water partition coefficient (Wildman–Crippen LogP) is 1.91. The normalized spacial score (nSPS) is 20.7. The quantitative estimate of drug-likeness (QED) is 0.696. The van der Waals surface area contributed by atoms with Crippen molar-refractivity contribution >= 4 is 11.2 Å².